The molecule has 2 aromatic carbocycles. The third-order valence-corrected chi connectivity index (χ3v) is 5.06. The fourth-order valence-corrected chi connectivity index (χ4v) is 3.58. The first-order valence-electron chi connectivity index (χ1n) is 9.92. The van der Waals surface area contributed by atoms with Gasteiger partial charge in [0.25, 0.3) is 5.91 Å². The van der Waals surface area contributed by atoms with Crippen molar-refractivity contribution < 1.29 is 23.0 Å². The monoisotopic (exact) mass is 428 g/mol. The van der Waals surface area contributed by atoms with E-state index in [1.165, 1.54) is 12.3 Å². The first kappa shape index (κ1) is 20.8. The first-order valence-corrected chi connectivity index (χ1v) is 9.92. The average molecular weight is 428 g/mol. The maximum atomic E-state index is 14.3. The Bertz CT molecular complexity index is 1130. The number of anilines is 3. The molecule has 1 fully saturated rings. The van der Waals surface area contributed by atoms with Crippen molar-refractivity contribution in [1.29, 1.82) is 0 Å². The summed E-state index contributed by atoms with van der Waals surface area (Å²) in [5, 5.41) is 3.47. The van der Waals surface area contributed by atoms with E-state index < -0.39 is 17.5 Å². The molecule has 0 atom stereocenters. The van der Waals surface area contributed by atoms with Gasteiger partial charge in [0.1, 0.15) is 17.4 Å². The van der Waals surface area contributed by atoms with Crippen molar-refractivity contribution in [3.63, 3.8) is 0 Å². The van der Waals surface area contributed by atoms with E-state index in [2.05, 4.69) is 15.2 Å². The van der Waals surface area contributed by atoms with Crippen molar-refractivity contribution in [3.05, 3.63) is 53.7 Å². The quantitative estimate of drug-likeness (QED) is 0.624. The van der Waals surface area contributed by atoms with E-state index >= 15 is 0 Å². The van der Waals surface area contributed by atoms with Gasteiger partial charge in [-0.3, -0.25) is 9.78 Å². The molecule has 0 unspecified atom stereocenters. The number of morpholine rings is 1. The molecule has 3 N–H and O–H groups in total. The summed E-state index contributed by atoms with van der Waals surface area (Å²) in [5.41, 5.74) is 7.30. The molecule has 9 heteroatoms. The molecule has 7 nitrogen and oxygen atoms in total. The van der Waals surface area contributed by atoms with Gasteiger partial charge in [0.2, 0.25) is 0 Å². The van der Waals surface area contributed by atoms with Gasteiger partial charge in [-0.15, -0.1) is 0 Å². The molecule has 0 aliphatic carbocycles. The summed E-state index contributed by atoms with van der Waals surface area (Å²) < 4.78 is 38.9. The van der Waals surface area contributed by atoms with E-state index in [0.717, 1.165) is 17.8 Å². The predicted molar refractivity (Wildman–Crippen MR) is 114 cm³/mol. The number of primary amides is 1. The number of fused-ring (bicyclic) bond motifs is 1. The highest BCUT2D eigenvalue weighted by Crippen LogP contribution is 2.38. The number of aromatic nitrogens is 1. The third kappa shape index (κ3) is 4.22. The van der Waals surface area contributed by atoms with E-state index in [-0.39, 0.29) is 11.3 Å². The standard InChI is InChI=1S/C22H22F2N4O3/c1-2-31-20-11-18-14(10-19(20)28-5-7-30-8-6-28)21(15(12-26-18)22(25)29)27-17-4-3-13(23)9-16(17)24/h3-4,9-12H,2,5-8H2,1H3,(H2,25,29)(H,26,27). The van der Waals surface area contributed by atoms with Crippen LogP contribution in [0.3, 0.4) is 0 Å². The molecule has 31 heavy (non-hydrogen) atoms. The molecule has 1 aliphatic heterocycles. The van der Waals surface area contributed by atoms with Gasteiger partial charge >= 0.3 is 0 Å². The second-order valence-corrected chi connectivity index (χ2v) is 7.03. The Labute approximate surface area is 177 Å². The molecule has 1 aliphatic rings. The molecular formula is C22H22F2N4O3. The minimum Gasteiger partial charge on any atom is -0.492 e. The number of benzene rings is 2. The van der Waals surface area contributed by atoms with Crippen LogP contribution in [-0.4, -0.2) is 43.8 Å². The summed E-state index contributed by atoms with van der Waals surface area (Å²) >= 11 is 0. The molecule has 0 radical (unpaired) electrons. The topological polar surface area (TPSA) is 89.7 Å². The minimum atomic E-state index is -0.792. The number of amides is 1. The van der Waals surface area contributed by atoms with Crippen LogP contribution in [-0.2, 0) is 4.74 Å². The lowest BCUT2D eigenvalue weighted by atomic mass is 10.1. The Kier molecular flexibility index (Phi) is 5.85. The van der Waals surface area contributed by atoms with Crippen LogP contribution in [0.15, 0.2) is 36.5 Å². The molecule has 1 saturated heterocycles. The van der Waals surface area contributed by atoms with Crippen molar-refractivity contribution in [3.8, 4) is 5.75 Å². The molecular weight excluding hydrogens is 406 g/mol. The lowest BCUT2D eigenvalue weighted by molar-refractivity contribution is 0.100. The summed E-state index contributed by atoms with van der Waals surface area (Å²) in [6, 6.07) is 6.78. The maximum absolute atomic E-state index is 14.3. The van der Waals surface area contributed by atoms with Gasteiger partial charge in [0.15, 0.2) is 0 Å². The zero-order chi connectivity index (χ0) is 22.0. The summed E-state index contributed by atoms with van der Waals surface area (Å²) in [6.45, 7) is 4.85. The Balaban J connectivity index is 1.90. The Morgan fingerprint density at radius 1 is 1.26 bits per heavy atom. The number of halogens is 2. The van der Waals surface area contributed by atoms with Crippen molar-refractivity contribution in [2.45, 2.75) is 6.92 Å². The normalized spacial score (nSPS) is 14.0. The zero-order valence-corrected chi connectivity index (χ0v) is 17.0. The van der Waals surface area contributed by atoms with Gasteiger partial charge in [-0.1, -0.05) is 0 Å². The Morgan fingerprint density at radius 2 is 2.03 bits per heavy atom. The number of hydrogen-bond acceptors (Lipinski definition) is 6. The van der Waals surface area contributed by atoms with Crippen LogP contribution in [0.25, 0.3) is 10.9 Å². The summed E-state index contributed by atoms with van der Waals surface area (Å²) in [6.07, 6.45) is 1.33. The summed E-state index contributed by atoms with van der Waals surface area (Å²) in [7, 11) is 0. The molecule has 1 amide bonds. The van der Waals surface area contributed by atoms with E-state index in [0.29, 0.717) is 55.2 Å². The van der Waals surface area contributed by atoms with Crippen LogP contribution in [0, 0.1) is 11.6 Å². The smallest absolute Gasteiger partial charge is 0.252 e. The van der Waals surface area contributed by atoms with Crippen LogP contribution < -0.4 is 20.7 Å². The SMILES string of the molecule is CCOc1cc2ncc(C(N)=O)c(Nc3ccc(F)cc3F)c2cc1N1CCOCC1. The minimum absolute atomic E-state index is 0.0122. The third-order valence-electron chi connectivity index (χ3n) is 5.06. The van der Waals surface area contributed by atoms with Gasteiger partial charge in [-0.05, 0) is 25.1 Å². The molecule has 162 valence electrons. The van der Waals surface area contributed by atoms with Crippen molar-refractivity contribution in [2.24, 2.45) is 5.73 Å². The average Bonchev–Trinajstić information content (AvgIpc) is 2.76. The van der Waals surface area contributed by atoms with Crippen LogP contribution in [0.2, 0.25) is 0 Å². The Hall–Kier alpha value is -3.46. The predicted octanol–water partition coefficient (Wildman–Crippen LogP) is 3.59. The number of ether oxygens (including phenoxy) is 2. The molecule has 0 spiro atoms. The Morgan fingerprint density at radius 3 is 2.71 bits per heavy atom. The number of pyridine rings is 1. The van der Waals surface area contributed by atoms with Gasteiger partial charge in [-0.25, -0.2) is 8.78 Å². The van der Waals surface area contributed by atoms with Crippen molar-refractivity contribution in [1.82, 2.24) is 4.98 Å². The number of rotatable bonds is 6. The largest absolute Gasteiger partial charge is 0.492 e. The highest BCUT2D eigenvalue weighted by molar-refractivity contribution is 6.08. The van der Waals surface area contributed by atoms with E-state index in [1.807, 2.05) is 13.0 Å². The number of nitrogens with zero attached hydrogens (tertiary/aromatic N) is 2. The van der Waals surface area contributed by atoms with Gasteiger partial charge < -0.3 is 25.4 Å². The lowest BCUT2D eigenvalue weighted by Crippen LogP contribution is -2.36. The van der Waals surface area contributed by atoms with Crippen molar-refractivity contribution in [2.75, 3.05) is 43.1 Å². The van der Waals surface area contributed by atoms with Gasteiger partial charge in [0, 0.05) is 36.8 Å². The number of carbonyl (C=O) groups excluding carboxylic acids is 1. The lowest BCUT2D eigenvalue weighted by Gasteiger charge is -2.30. The molecule has 1 aromatic heterocycles. The van der Waals surface area contributed by atoms with E-state index in [9.17, 15) is 13.6 Å². The number of carbonyl (C=O) groups is 1. The van der Waals surface area contributed by atoms with Gasteiger partial charge in [0.05, 0.1) is 48.0 Å². The highest BCUT2D eigenvalue weighted by Gasteiger charge is 2.21. The first-order chi connectivity index (χ1) is 15.0. The van der Waals surface area contributed by atoms with Crippen LogP contribution in [0.1, 0.15) is 17.3 Å². The summed E-state index contributed by atoms with van der Waals surface area (Å²) in [4.78, 5) is 18.6. The molecule has 4 rings (SSSR count). The molecule has 0 bridgehead atoms. The van der Waals surface area contributed by atoms with Crippen molar-refractivity contribution >= 4 is 33.9 Å². The fraction of sp³-hybridized carbons (Fsp3) is 0.273. The number of nitrogens with two attached hydrogens (primary N) is 1. The highest BCUT2D eigenvalue weighted by atomic mass is 19.1. The maximum Gasteiger partial charge on any atom is 0.252 e. The number of nitrogens with one attached hydrogen (secondary N) is 1. The zero-order valence-electron chi connectivity index (χ0n) is 17.0. The molecule has 2 heterocycles. The van der Waals surface area contributed by atoms with Crippen LogP contribution >= 0.6 is 0 Å². The van der Waals surface area contributed by atoms with E-state index in [4.69, 9.17) is 15.2 Å². The van der Waals surface area contributed by atoms with Crippen LogP contribution in [0.5, 0.6) is 5.75 Å². The molecule has 0 saturated carbocycles. The summed E-state index contributed by atoms with van der Waals surface area (Å²) in [5.74, 6) is -1.56. The second kappa shape index (κ2) is 8.73. The van der Waals surface area contributed by atoms with E-state index in [1.54, 1.807) is 6.07 Å². The second-order valence-electron chi connectivity index (χ2n) is 7.03. The van der Waals surface area contributed by atoms with Crippen LogP contribution in [0.4, 0.5) is 25.8 Å². The number of hydrogen-bond donors (Lipinski definition) is 2. The molecule has 3 aromatic rings. The fourth-order valence-electron chi connectivity index (χ4n) is 3.58. The van der Waals surface area contributed by atoms with Gasteiger partial charge in [-0.2, -0.15) is 0 Å².